The van der Waals surface area contributed by atoms with Gasteiger partial charge in [0.25, 0.3) is 0 Å². The maximum absolute atomic E-state index is 11.4. The molecule has 0 atom stereocenters. The molecule has 16 heavy (non-hydrogen) atoms. The van der Waals surface area contributed by atoms with Crippen molar-refractivity contribution in [1.29, 1.82) is 0 Å². The van der Waals surface area contributed by atoms with Crippen LogP contribution in [0.1, 0.15) is 13.8 Å². The van der Waals surface area contributed by atoms with Gasteiger partial charge < -0.3 is 10.1 Å². The number of rotatable bonds is 7. The predicted molar refractivity (Wildman–Crippen MR) is 61.6 cm³/mol. The largest absolute Gasteiger partial charge is 0.383 e. The minimum atomic E-state index is -3.38. The van der Waals surface area contributed by atoms with Crippen LogP contribution in [0, 0.1) is 0 Å². The molecule has 0 unspecified atom stereocenters. The lowest BCUT2D eigenvalue weighted by atomic mass is 10.4. The summed E-state index contributed by atoms with van der Waals surface area (Å²) in [6, 6.07) is -0.00339. The highest BCUT2D eigenvalue weighted by Gasteiger charge is 2.19. The Labute approximate surface area is 97.0 Å². The quantitative estimate of drug-likeness (QED) is 0.657. The van der Waals surface area contributed by atoms with Crippen molar-refractivity contribution in [2.45, 2.75) is 19.9 Å². The molecule has 7 heteroatoms. The van der Waals surface area contributed by atoms with Crippen molar-refractivity contribution >= 4 is 15.9 Å². The fourth-order valence-corrected chi connectivity index (χ4v) is 1.84. The van der Waals surface area contributed by atoms with Gasteiger partial charge in [0.05, 0.1) is 19.4 Å². The van der Waals surface area contributed by atoms with Gasteiger partial charge in [0.1, 0.15) is 0 Å². The van der Waals surface area contributed by atoms with Gasteiger partial charge in [-0.15, -0.1) is 0 Å². The van der Waals surface area contributed by atoms with Crippen molar-refractivity contribution in [3.8, 4) is 0 Å². The first-order valence-corrected chi connectivity index (χ1v) is 6.85. The smallest absolute Gasteiger partial charge is 0.235 e. The Morgan fingerprint density at radius 3 is 2.38 bits per heavy atom. The Balaban J connectivity index is 4.38. The Morgan fingerprint density at radius 1 is 1.44 bits per heavy atom. The second-order valence-electron chi connectivity index (χ2n) is 3.81. The zero-order chi connectivity index (χ0) is 12.8. The fraction of sp³-hybridized carbons (Fsp3) is 0.889. The molecule has 0 saturated carbocycles. The first-order valence-electron chi connectivity index (χ1n) is 5.00. The van der Waals surface area contributed by atoms with Gasteiger partial charge in [0.2, 0.25) is 15.9 Å². The third-order valence-electron chi connectivity index (χ3n) is 1.78. The number of nitrogens with one attached hydrogen (secondary N) is 1. The van der Waals surface area contributed by atoms with E-state index in [2.05, 4.69) is 5.32 Å². The van der Waals surface area contributed by atoms with E-state index in [1.54, 1.807) is 0 Å². The number of carbonyl (C=O) groups is 1. The van der Waals surface area contributed by atoms with Crippen LogP contribution in [0.5, 0.6) is 0 Å². The molecule has 6 nitrogen and oxygen atoms in total. The standard InChI is InChI=1S/C9H20N2O4S/c1-8(2)10-9(12)7-11(5-6-15-3)16(4,13)14/h8H,5-7H2,1-4H3,(H,10,12). The van der Waals surface area contributed by atoms with Gasteiger partial charge in [-0.05, 0) is 13.8 Å². The molecule has 0 saturated heterocycles. The highest BCUT2D eigenvalue weighted by Crippen LogP contribution is 1.97. The second-order valence-corrected chi connectivity index (χ2v) is 5.79. The summed E-state index contributed by atoms with van der Waals surface area (Å²) in [6.07, 6.45) is 1.07. The number of nitrogens with zero attached hydrogens (tertiary/aromatic N) is 1. The molecule has 0 aliphatic carbocycles. The molecular formula is C9H20N2O4S. The van der Waals surface area contributed by atoms with E-state index in [1.807, 2.05) is 13.8 Å². The maximum atomic E-state index is 11.4. The molecule has 96 valence electrons. The summed E-state index contributed by atoms with van der Waals surface area (Å²) in [7, 11) is -1.89. The van der Waals surface area contributed by atoms with Gasteiger partial charge in [-0.25, -0.2) is 8.42 Å². The summed E-state index contributed by atoms with van der Waals surface area (Å²) in [4.78, 5) is 11.4. The van der Waals surface area contributed by atoms with Gasteiger partial charge >= 0.3 is 0 Å². The van der Waals surface area contributed by atoms with Gasteiger partial charge in [-0.3, -0.25) is 4.79 Å². The van der Waals surface area contributed by atoms with E-state index in [0.717, 1.165) is 10.6 Å². The van der Waals surface area contributed by atoms with E-state index in [4.69, 9.17) is 4.74 Å². The van der Waals surface area contributed by atoms with Crippen molar-refractivity contribution in [2.75, 3.05) is 33.1 Å². The maximum Gasteiger partial charge on any atom is 0.235 e. The summed E-state index contributed by atoms with van der Waals surface area (Å²) in [5, 5.41) is 2.64. The van der Waals surface area contributed by atoms with E-state index in [0.29, 0.717) is 0 Å². The van der Waals surface area contributed by atoms with Crippen LogP contribution in [0.25, 0.3) is 0 Å². The number of hydrogen-bond donors (Lipinski definition) is 1. The van der Waals surface area contributed by atoms with Gasteiger partial charge in [-0.1, -0.05) is 0 Å². The van der Waals surface area contributed by atoms with E-state index < -0.39 is 10.0 Å². The summed E-state index contributed by atoms with van der Waals surface area (Å²) in [6.45, 7) is 3.92. The van der Waals surface area contributed by atoms with Crippen molar-refractivity contribution in [1.82, 2.24) is 9.62 Å². The molecule has 0 radical (unpaired) electrons. The Bertz CT molecular complexity index is 313. The zero-order valence-electron chi connectivity index (χ0n) is 10.2. The SMILES string of the molecule is COCCN(CC(=O)NC(C)C)S(C)(=O)=O. The van der Waals surface area contributed by atoms with E-state index in [-0.39, 0.29) is 31.6 Å². The highest BCUT2D eigenvalue weighted by molar-refractivity contribution is 7.88. The highest BCUT2D eigenvalue weighted by atomic mass is 32.2. The van der Waals surface area contributed by atoms with Crippen LogP contribution in [0.2, 0.25) is 0 Å². The summed E-state index contributed by atoms with van der Waals surface area (Å²) < 4.78 is 28.6. The minimum absolute atomic E-state index is 0.00339. The number of amides is 1. The normalized spacial score (nSPS) is 12.1. The third kappa shape index (κ3) is 6.76. The lowest BCUT2D eigenvalue weighted by Crippen LogP contribution is -2.43. The van der Waals surface area contributed by atoms with Crippen LogP contribution < -0.4 is 5.32 Å². The molecule has 0 aliphatic rings. The molecular weight excluding hydrogens is 232 g/mol. The summed E-state index contributed by atoms with van der Waals surface area (Å²) >= 11 is 0. The molecule has 0 rings (SSSR count). The molecule has 0 fully saturated rings. The lowest BCUT2D eigenvalue weighted by molar-refractivity contribution is -0.121. The van der Waals surface area contributed by atoms with Crippen molar-refractivity contribution in [3.05, 3.63) is 0 Å². The van der Waals surface area contributed by atoms with E-state index in [9.17, 15) is 13.2 Å². The van der Waals surface area contributed by atoms with Crippen LogP contribution in [-0.4, -0.2) is 57.7 Å². The van der Waals surface area contributed by atoms with Crippen molar-refractivity contribution < 1.29 is 17.9 Å². The monoisotopic (exact) mass is 252 g/mol. The van der Waals surface area contributed by atoms with Crippen molar-refractivity contribution in [2.24, 2.45) is 0 Å². The average Bonchev–Trinajstić information content (AvgIpc) is 2.08. The molecule has 0 aromatic rings. The molecule has 0 aliphatic heterocycles. The van der Waals surface area contributed by atoms with Crippen LogP contribution >= 0.6 is 0 Å². The molecule has 1 amide bonds. The number of carbonyl (C=O) groups excluding carboxylic acids is 1. The summed E-state index contributed by atoms with van der Waals surface area (Å²) in [5.41, 5.74) is 0. The van der Waals surface area contributed by atoms with Gasteiger partial charge in [-0.2, -0.15) is 4.31 Å². The van der Waals surface area contributed by atoms with Gasteiger partial charge in [0, 0.05) is 19.7 Å². The minimum Gasteiger partial charge on any atom is -0.383 e. The molecule has 0 bridgehead atoms. The average molecular weight is 252 g/mol. The second kappa shape index (κ2) is 6.82. The van der Waals surface area contributed by atoms with Crippen LogP contribution in [0.4, 0.5) is 0 Å². The summed E-state index contributed by atoms with van der Waals surface area (Å²) in [5.74, 6) is -0.309. The topological polar surface area (TPSA) is 75.7 Å². The Kier molecular flexibility index (Phi) is 6.54. The molecule has 0 aromatic carbocycles. The van der Waals surface area contributed by atoms with Gasteiger partial charge in [0.15, 0.2) is 0 Å². The number of sulfonamides is 1. The van der Waals surface area contributed by atoms with Crippen molar-refractivity contribution in [3.63, 3.8) is 0 Å². The van der Waals surface area contributed by atoms with E-state index in [1.165, 1.54) is 7.11 Å². The fourth-order valence-electron chi connectivity index (χ4n) is 1.08. The van der Waals surface area contributed by atoms with E-state index >= 15 is 0 Å². The number of ether oxygens (including phenoxy) is 1. The molecule has 0 spiro atoms. The zero-order valence-corrected chi connectivity index (χ0v) is 11.0. The molecule has 0 aromatic heterocycles. The molecule has 0 heterocycles. The first kappa shape index (κ1) is 15.3. The van der Waals surface area contributed by atoms with Crippen LogP contribution in [-0.2, 0) is 19.6 Å². The lowest BCUT2D eigenvalue weighted by Gasteiger charge is -2.19. The predicted octanol–water partition coefficient (Wildman–Crippen LogP) is -0.581. The third-order valence-corrected chi connectivity index (χ3v) is 3.03. The Morgan fingerprint density at radius 2 is 2.00 bits per heavy atom. The van der Waals surface area contributed by atoms with Crippen LogP contribution in [0.15, 0.2) is 0 Å². The number of methoxy groups -OCH3 is 1. The Hall–Kier alpha value is -0.660. The first-order chi connectivity index (χ1) is 7.27. The number of hydrogen-bond acceptors (Lipinski definition) is 4. The molecule has 1 N–H and O–H groups in total. The van der Waals surface area contributed by atoms with Crippen LogP contribution in [0.3, 0.4) is 0 Å².